The van der Waals surface area contributed by atoms with Crippen LogP contribution in [0.15, 0.2) is 39.6 Å². The first-order valence-corrected chi connectivity index (χ1v) is 8.75. The van der Waals surface area contributed by atoms with Gasteiger partial charge in [0.2, 0.25) is 5.76 Å². The first kappa shape index (κ1) is 14.3. The van der Waals surface area contributed by atoms with Gasteiger partial charge in [0.05, 0.1) is 5.69 Å². The molecule has 1 saturated carbocycles. The Bertz CT molecular complexity index is 924. The van der Waals surface area contributed by atoms with E-state index in [1.807, 2.05) is 18.2 Å². The second-order valence-corrected chi connectivity index (χ2v) is 7.98. The van der Waals surface area contributed by atoms with E-state index in [4.69, 9.17) is 9.52 Å². The molecular weight excluding hydrogens is 318 g/mol. The average molecular weight is 333 g/mol. The molecule has 1 spiro atoms. The minimum atomic E-state index is -3.85. The molecule has 0 unspecified atom stereocenters. The summed E-state index contributed by atoms with van der Waals surface area (Å²) in [6, 6.07) is 8.60. The minimum Gasteiger partial charge on any atom is -0.475 e. The summed E-state index contributed by atoms with van der Waals surface area (Å²) in [5.74, 6) is -1.55. The van der Waals surface area contributed by atoms with Crippen molar-refractivity contribution < 1.29 is 22.7 Å². The van der Waals surface area contributed by atoms with Crippen LogP contribution in [0.1, 0.15) is 34.7 Å². The number of aromatic carboxylic acids is 1. The zero-order valence-corrected chi connectivity index (χ0v) is 13.3. The Morgan fingerprint density at radius 1 is 1.30 bits per heavy atom. The third-order valence-electron chi connectivity index (χ3n) is 4.69. The maximum atomic E-state index is 13.0. The SMILES string of the molecule is Cc1oc(C(=O)O)cc1S(=O)(=O)N1CC2(CC2)c2ccccc21. The van der Waals surface area contributed by atoms with Crippen LogP contribution in [-0.4, -0.2) is 26.0 Å². The fourth-order valence-corrected chi connectivity index (χ4v) is 5.06. The van der Waals surface area contributed by atoms with Gasteiger partial charge in [-0.3, -0.25) is 4.31 Å². The van der Waals surface area contributed by atoms with E-state index in [9.17, 15) is 13.2 Å². The highest BCUT2D eigenvalue weighted by atomic mass is 32.2. The molecule has 0 atom stereocenters. The smallest absolute Gasteiger partial charge is 0.371 e. The van der Waals surface area contributed by atoms with Crippen molar-refractivity contribution in [3.05, 3.63) is 47.4 Å². The molecule has 120 valence electrons. The second kappa shape index (κ2) is 4.38. The molecule has 1 aromatic heterocycles. The molecule has 0 radical (unpaired) electrons. The number of benzene rings is 1. The number of hydrogen-bond acceptors (Lipinski definition) is 4. The normalized spacial score (nSPS) is 18.2. The maximum Gasteiger partial charge on any atom is 0.371 e. The van der Waals surface area contributed by atoms with Gasteiger partial charge in [0.1, 0.15) is 10.7 Å². The van der Waals surface area contributed by atoms with Crippen molar-refractivity contribution in [3.8, 4) is 0 Å². The Morgan fingerprint density at radius 2 is 2.00 bits per heavy atom. The van der Waals surface area contributed by atoms with E-state index in [1.54, 1.807) is 6.07 Å². The second-order valence-electron chi connectivity index (χ2n) is 6.15. The van der Waals surface area contributed by atoms with Gasteiger partial charge in [-0.25, -0.2) is 13.2 Å². The lowest BCUT2D eigenvalue weighted by molar-refractivity contribution is 0.0661. The van der Waals surface area contributed by atoms with E-state index in [-0.39, 0.29) is 21.8 Å². The Balaban J connectivity index is 1.83. The van der Waals surface area contributed by atoms with Gasteiger partial charge < -0.3 is 9.52 Å². The molecule has 2 aliphatic rings. The molecule has 1 N–H and O–H groups in total. The molecular formula is C16H15NO5S. The van der Waals surface area contributed by atoms with E-state index >= 15 is 0 Å². The molecule has 7 heteroatoms. The van der Waals surface area contributed by atoms with E-state index in [0.717, 1.165) is 24.5 Å². The average Bonchev–Trinajstić information content (AvgIpc) is 3.05. The van der Waals surface area contributed by atoms with E-state index < -0.39 is 16.0 Å². The molecule has 0 bridgehead atoms. The molecule has 1 aliphatic heterocycles. The number of anilines is 1. The Kier molecular flexibility index (Phi) is 2.73. The number of nitrogens with zero attached hydrogens (tertiary/aromatic N) is 1. The standard InChI is InChI=1S/C16H15NO5S/c1-10-14(8-13(22-10)15(18)19)23(20,21)17-9-16(6-7-16)11-4-2-3-5-12(11)17/h2-5,8H,6-7,9H2,1H3,(H,18,19). The summed E-state index contributed by atoms with van der Waals surface area (Å²) in [4.78, 5) is 10.9. The quantitative estimate of drug-likeness (QED) is 0.932. The molecule has 23 heavy (non-hydrogen) atoms. The van der Waals surface area contributed by atoms with Gasteiger partial charge in [-0.15, -0.1) is 0 Å². The first-order valence-electron chi connectivity index (χ1n) is 7.31. The number of carboxylic acid groups (broad SMARTS) is 1. The largest absolute Gasteiger partial charge is 0.475 e. The predicted octanol–water partition coefficient (Wildman–Crippen LogP) is 2.53. The van der Waals surface area contributed by atoms with Gasteiger partial charge in [-0.2, -0.15) is 0 Å². The monoisotopic (exact) mass is 333 g/mol. The lowest BCUT2D eigenvalue weighted by Crippen LogP contribution is -2.31. The zero-order chi connectivity index (χ0) is 16.4. The summed E-state index contributed by atoms with van der Waals surface area (Å²) in [7, 11) is -3.85. The highest BCUT2D eigenvalue weighted by Crippen LogP contribution is 2.57. The molecule has 1 aromatic carbocycles. The van der Waals surface area contributed by atoms with Gasteiger partial charge in [0, 0.05) is 18.0 Å². The fraction of sp³-hybridized carbons (Fsp3) is 0.312. The Labute approximate surface area is 133 Å². The molecule has 2 aromatic rings. The number of rotatable bonds is 3. The molecule has 4 rings (SSSR count). The van der Waals surface area contributed by atoms with Gasteiger partial charge in [-0.05, 0) is 31.4 Å². The lowest BCUT2D eigenvalue weighted by Gasteiger charge is -2.19. The highest BCUT2D eigenvalue weighted by molar-refractivity contribution is 7.93. The van der Waals surface area contributed by atoms with Crippen molar-refractivity contribution in [1.29, 1.82) is 0 Å². The number of aryl methyl sites for hydroxylation is 1. The van der Waals surface area contributed by atoms with Crippen LogP contribution in [0.2, 0.25) is 0 Å². The van der Waals surface area contributed by atoms with Crippen molar-refractivity contribution in [1.82, 2.24) is 0 Å². The summed E-state index contributed by atoms with van der Waals surface area (Å²) in [5, 5.41) is 9.00. The van der Waals surface area contributed by atoms with Gasteiger partial charge in [-0.1, -0.05) is 18.2 Å². The first-order chi connectivity index (χ1) is 10.8. The van der Waals surface area contributed by atoms with Crippen molar-refractivity contribution in [2.75, 3.05) is 10.8 Å². The lowest BCUT2D eigenvalue weighted by atomic mass is 9.99. The maximum absolute atomic E-state index is 13.0. The summed E-state index contributed by atoms with van der Waals surface area (Å²) in [6.07, 6.45) is 1.95. The van der Waals surface area contributed by atoms with Crippen molar-refractivity contribution in [3.63, 3.8) is 0 Å². The summed E-state index contributed by atoms with van der Waals surface area (Å²) < 4.78 is 32.5. The molecule has 2 heterocycles. The van der Waals surface area contributed by atoms with Crippen LogP contribution in [0.5, 0.6) is 0 Å². The van der Waals surface area contributed by atoms with E-state index in [2.05, 4.69) is 0 Å². The molecule has 1 fully saturated rings. The molecule has 6 nitrogen and oxygen atoms in total. The third kappa shape index (κ3) is 1.92. The van der Waals surface area contributed by atoms with Crippen LogP contribution < -0.4 is 4.31 Å². The van der Waals surface area contributed by atoms with Gasteiger partial charge in [0.25, 0.3) is 10.0 Å². The molecule has 0 amide bonds. The Hall–Kier alpha value is -2.28. The van der Waals surface area contributed by atoms with Crippen molar-refractivity contribution >= 4 is 21.7 Å². The summed E-state index contributed by atoms with van der Waals surface area (Å²) in [5.41, 5.74) is 1.67. The topological polar surface area (TPSA) is 87.8 Å². The number of fused-ring (bicyclic) bond motifs is 2. The minimum absolute atomic E-state index is 0.0725. The van der Waals surface area contributed by atoms with Crippen LogP contribution in [-0.2, 0) is 15.4 Å². The number of sulfonamides is 1. The van der Waals surface area contributed by atoms with Crippen LogP contribution in [0.4, 0.5) is 5.69 Å². The predicted molar refractivity (Wildman–Crippen MR) is 82.3 cm³/mol. The zero-order valence-electron chi connectivity index (χ0n) is 12.4. The highest BCUT2D eigenvalue weighted by Gasteiger charge is 2.54. The summed E-state index contributed by atoms with van der Waals surface area (Å²) >= 11 is 0. The number of para-hydroxylation sites is 1. The summed E-state index contributed by atoms with van der Waals surface area (Å²) in [6.45, 7) is 1.87. The van der Waals surface area contributed by atoms with Crippen LogP contribution in [0.25, 0.3) is 0 Å². The molecule has 0 saturated heterocycles. The number of furan rings is 1. The van der Waals surface area contributed by atoms with Crippen LogP contribution >= 0.6 is 0 Å². The fourth-order valence-electron chi connectivity index (χ4n) is 3.32. The third-order valence-corrected chi connectivity index (χ3v) is 6.56. The van der Waals surface area contributed by atoms with Crippen LogP contribution in [0, 0.1) is 6.92 Å². The van der Waals surface area contributed by atoms with E-state index in [0.29, 0.717) is 12.2 Å². The van der Waals surface area contributed by atoms with Crippen LogP contribution in [0.3, 0.4) is 0 Å². The number of carboxylic acids is 1. The number of hydrogen-bond donors (Lipinski definition) is 1. The molecule has 1 aliphatic carbocycles. The number of carbonyl (C=O) groups is 1. The van der Waals surface area contributed by atoms with Crippen molar-refractivity contribution in [2.24, 2.45) is 0 Å². The van der Waals surface area contributed by atoms with Crippen molar-refractivity contribution in [2.45, 2.75) is 30.1 Å². The van der Waals surface area contributed by atoms with E-state index in [1.165, 1.54) is 11.2 Å². The van der Waals surface area contributed by atoms with Gasteiger partial charge in [0.15, 0.2) is 0 Å². The Morgan fingerprint density at radius 3 is 2.61 bits per heavy atom. The van der Waals surface area contributed by atoms with Gasteiger partial charge >= 0.3 is 5.97 Å².